The first-order valence-corrected chi connectivity index (χ1v) is 5.86. The topological polar surface area (TPSA) is 120 Å². The van der Waals surface area contributed by atoms with Crippen molar-refractivity contribution in [3.63, 3.8) is 0 Å². The number of carbonyl (C=O) groups excluding carboxylic acids is 2. The molecular formula is C12H13N5O3. The van der Waals surface area contributed by atoms with Gasteiger partial charge in [-0.25, -0.2) is 4.98 Å². The Kier molecular flexibility index (Phi) is 4.40. The Hall–Kier alpha value is -2.74. The first kappa shape index (κ1) is 13.7. The fourth-order valence-electron chi connectivity index (χ4n) is 1.48. The van der Waals surface area contributed by atoms with Gasteiger partial charge in [0.2, 0.25) is 5.82 Å². The molecule has 8 nitrogen and oxygen atoms in total. The second kappa shape index (κ2) is 6.43. The second-order valence-corrected chi connectivity index (χ2v) is 3.85. The molecule has 8 heteroatoms. The van der Waals surface area contributed by atoms with Crippen molar-refractivity contribution in [1.82, 2.24) is 20.5 Å². The number of benzene rings is 1. The van der Waals surface area contributed by atoms with Crippen molar-refractivity contribution in [2.24, 2.45) is 0 Å². The number of hydrogen-bond acceptors (Lipinski definition) is 5. The lowest BCUT2D eigenvalue weighted by Crippen LogP contribution is -2.26. The number of nitrogens with one attached hydrogen (secondary N) is 3. The van der Waals surface area contributed by atoms with E-state index in [4.69, 9.17) is 5.11 Å². The van der Waals surface area contributed by atoms with E-state index in [9.17, 15) is 9.59 Å². The number of aliphatic hydroxyl groups excluding tert-OH is 1. The summed E-state index contributed by atoms with van der Waals surface area (Å²) < 4.78 is 0. The lowest BCUT2D eigenvalue weighted by molar-refractivity contribution is 0.0944. The van der Waals surface area contributed by atoms with Gasteiger partial charge in [-0.3, -0.25) is 14.7 Å². The van der Waals surface area contributed by atoms with Crippen molar-refractivity contribution in [3.8, 4) is 0 Å². The third kappa shape index (κ3) is 3.39. The number of nitrogens with zero attached hydrogens (tertiary/aromatic N) is 2. The van der Waals surface area contributed by atoms with Crippen LogP contribution >= 0.6 is 0 Å². The quantitative estimate of drug-likeness (QED) is 0.601. The highest BCUT2D eigenvalue weighted by Crippen LogP contribution is 2.10. The van der Waals surface area contributed by atoms with Gasteiger partial charge >= 0.3 is 0 Å². The fourth-order valence-corrected chi connectivity index (χ4v) is 1.48. The van der Waals surface area contributed by atoms with Crippen molar-refractivity contribution >= 4 is 17.5 Å². The van der Waals surface area contributed by atoms with Gasteiger partial charge in [0.1, 0.15) is 6.33 Å². The molecule has 2 aromatic rings. The van der Waals surface area contributed by atoms with Crippen molar-refractivity contribution in [2.45, 2.75) is 0 Å². The van der Waals surface area contributed by atoms with Gasteiger partial charge in [-0.15, -0.1) is 0 Å². The highest BCUT2D eigenvalue weighted by Gasteiger charge is 2.09. The van der Waals surface area contributed by atoms with Gasteiger partial charge in [-0.1, -0.05) is 0 Å². The van der Waals surface area contributed by atoms with Crippen LogP contribution in [0.4, 0.5) is 5.69 Å². The summed E-state index contributed by atoms with van der Waals surface area (Å²) in [6.07, 6.45) is 1.24. The van der Waals surface area contributed by atoms with Crippen LogP contribution in [0, 0.1) is 0 Å². The number of aromatic nitrogens is 3. The lowest BCUT2D eigenvalue weighted by atomic mass is 10.2. The number of rotatable bonds is 5. The van der Waals surface area contributed by atoms with E-state index in [-0.39, 0.29) is 24.9 Å². The van der Waals surface area contributed by atoms with Gasteiger partial charge < -0.3 is 15.7 Å². The van der Waals surface area contributed by atoms with Gasteiger partial charge in [-0.2, -0.15) is 5.10 Å². The molecule has 1 aromatic heterocycles. The van der Waals surface area contributed by atoms with Crippen molar-refractivity contribution in [3.05, 3.63) is 42.0 Å². The van der Waals surface area contributed by atoms with E-state index in [1.54, 1.807) is 24.3 Å². The standard InChI is InChI=1S/C12H13N5O3/c18-6-5-13-11(19)8-1-3-9(4-2-8)16-12(20)10-14-7-15-17-10/h1-4,7,18H,5-6H2,(H,13,19)(H,16,20)(H,14,15,17). The molecular weight excluding hydrogens is 262 g/mol. The summed E-state index contributed by atoms with van der Waals surface area (Å²) in [5, 5.41) is 19.8. The first-order valence-electron chi connectivity index (χ1n) is 5.86. The number of carbonyl (C=O) groups is 2. The maximum atomic E-state index is 11.7. The summed E-state index contributed by atoms with van der Waals surface area (Å²) in [7, 11) is 0. The number of aliphatic hydroxyl groups is 1. The molecule has 0 atom stereocenters. The molecule has 2 rings (SSSR count). The number of aromatic amines is 1. The Morgan fingerprint density at radius 1 is 1.20 bits per heavy atom. The van der Waals surface area contributed by atoms with Crippen molar-refractivity contribution < 1.29 is 14.7 Å². The SMILES string of the molecule is O=C(NCCO)c1ccc(NC(=O)c2ncn[nH]2)cc1. The second-order valence-electron chi connectivity index (χ2n) is 3.85. The van der Waals surface area contributed by atoms with Crippen molar-refractivity contribution in [2.75, 3.05) is 18.5 Å². The molecule has 0 saturated heterocycles. The summed E-state index contributed by atoms with van der Waals surface area (Å²) in [6, 6.07) is 6.34. The van der Waals surface area contributed by atoms with E-state index in [0.29, 0.717) is 11.3 Å². The van der Waals surface area contributed by atoms with E-state index >= 15 is 0 Å². The maximum Gasteiger partial charge on any atom is 0.292 e. The number of amides is 2. The van der Waals surface area contributed by atoms with Crippen LogP contribution in [0.15, 0.2) is 30.6 Å². The lowest BCUT2D eigenvalue weighted by Gasteiger charge is -2.05. The van der Waals surface area contributed by atoms with Crippen LogP contribution in [0.2, 0.25) is 0 Å². The molecule has 0 aliphatic heterocycles. The van der Waals surface area contributed by atoms with Crippen LogP contribution < -0.4 is 10.6 Å². The normalized spacial score (nSPS) is 10.1. The molecule has 0 spiro atoms. The van der Waals surface area contributed by atoms with E-state index in [0.717, 1.165) is 0 Å². The maximum absolute atomic E-state index is 11.7. The fraction of sp³-hybridized carbons (Fsp3) is 0.167. The molecule has 20 heavy (non-hydrogen) atoms. The largest absolute Gasteiger partial charge is 0.395 e. The van der Waals surface area contributed by atoms with E-state index in [1.807, 2.05) is 0 Å². The van der Waals surface area contributed by atoms with Crippen LogP contribution in [-0.2, 0) is 0 Å². The molecule has 1 heterocycles. The molecule has 0 aliphatic carbocycles. The smallest absolute Gasteiger partial charge is 0.292 e. The van der Waals surface area contributed by atoms with Crippen LogP contribution in [-0.4, -0.2) is 45.3 Å². The Balaban J connectivity index is 1.98. The minimum Gasteiger partial charge on any atom is -0.395 e. The molecule has 0 aliphatic rings. The predicted octanol–water partition coefficient (Wildman–Crippen LogP) is -0.221. The van der Waals surface area contributed by atoms with Gasteiger partial charge in [0.05, 0.1) is 6.61 Å². The summed E-state index contributed by atoms with van der Waals surface area (Å²) in [4.78, 5) is 27.0. The number of anilines is 1. The van der Waals surface area contributed by atoms with Crippen LogP contribution in [0.1, 0.15) is 21.0 Å². The molecule has 0 radical (unpaired) electrons. The van der Waals surface area contributed by atoms with Crippen molar-refractivity contribution in [1.29, 1.82) is 0 Å². The average Bonchev–Trinajstić information content (AvgIpc) is 3.00. The molecule has 0 fully saturated rings. The highest BCUT2D eigenvalue weighted by molar-refractivity contribution is 6.02. The molecule has 0 bridgehead atoms. The third-order valence-corrected chi connectivity index (χ3v) is 2.43. The minimum atomic E-state index is -0.417. The summed E-state index contributed by atoms with van der Waals surface area (Å²) in [5.74, 6) is -0.595. The Morgan fingerprint density at radius 2 is 1.95 bits per heavy atom. The molecule has 0 unspecified atom stereocenters. The van der Waals surface area contributed by atoms with Crippen LogP contribution in [0.5, 0.6) is 0 Å². The zero-order chi connectivity index (χ0) is 14.4. The molecule has 2 amide bonds. The summed E-state index contributed by atoms with van der Waals surface area (Å²) in [5.41, 5.74) is 0.973. The Morgan fingerprint density at radius 3 is 2.55 bits per heavy atom. The van der Waals surface area contributed by atoms with Gasteiger partial charge in [-0.05, 0) is 24.3 Å². The third-order valence-electron chi connectivity index (χ3n) is 2.43. The monoisotopic (exact) mass is 275 g/mol. The molecule has 0 saturated carbocycles. The Bertz CT molecular complexity index is 580. The van der Waals surface area contributed by atoms with Gasteiger partial charge in [0.25, 0.3) is 11.8 Å². The highest BCUT2D eigenvalue weighted by atomic mass is 16.3. The predicted molar refractivity (Wildman–Crippen MR) is 70.2 cm³/mol. The van der Waals surface area contributed by atoms with E-state index in [2.05, 4.69) is 25.8 Å². The number of H-pyrrole nitrogens is 1. The molecule has 1 aromatic carbocycles. The molecule has 104 valence electrons. The van der Waals surface area contributed by atoms with Gasteiger partial charge in [0.15, 0.2) is 0 Å². The van der Waals surface area contributed by atoms with Gasteiger partial charge in [0, 0.05) is 17.8 Å². The first-order chi connectivity index (χ1) is 9.70. The molecule has 4 N–H and O–H groups in total. The van der Waals surface area contributed by atoms with E-state index in [1.165, 1.54) is 6.33 Å². The average molecular weight is 275 g/mol. The van der Waals surface area contributed by atoms with Crippen LogP contribution in [0.3, 0.4) is 0 Å². The summed E-state index contributed by atoms with van der Waals surface area (Å²) >= 11 is 0. The zero-order valence-corrected chi connectivity index (χ0v) is 10.5. The zero-order valence-electron chi connectivity index (χ0n) is 10.5. The van der Waals surface area contributed by atoms with Crippen LogP contribution in [0.25, 0.3) is 0 Å². The Labute approximate surface area is 114 Å². The summed E-state index contributed by atoms with van der Waals surface area (Å²) in [6.45, 7) is 0.0832. The number of hydrogen-bond donors (Lipinski definition) is 4. The minimum absolute atomic E-state index is 0.106. The van der Waals surface area contributed by atoms with E-state index < -0.39 is 5.91 Å².